The van der Waals surface area contributed by atoms with Crippen LogP contribution in [-0.4, -0.2) is 19.6 Å². The van der Waals surface area contributed by atoms with Crippen molar-refractivity contribution in [2.45, 2.75) is 40.4 Å². The molecule has 0 aliphatic heterocycles. The van der Waals surface area contributed by atoms with Crippen molar-refractivity contribution in [3.63, 3.8) is 0 Å². The van der Waals surface area contributed by atoms with Crippen molar-refractivity contribution in [1.29, 1.82) is 0 Å². The van der Waals surface area contributed by atoms with Gasteiger partial charge in [-0.15, -0.1) is 0 Å². The van der Waals surface area contributed by atoms with Crippen LogP contribution >= 0.6 is 11.6 Å². The molecule has 0 saturated carbocycles. The zero-order valence-electron chi connectivity index (χ0n) is 11.9. The van der Waals surface area contributed by atoms with Gasteiger partial charge in [0.15, 0.2) is 0 Å². The van der Waals surface area contributed by atoms with Gasteiger partial charge < -0.3 is 5.32 Å². The molecule has 0 amide bonds. The maximum Gasteiger partial charge on any atom is 0.0860 e. The summed E-state index contributed by atoms with van der Waals surface area (Å²) in [6.45, 7) is 8.39. The highest BCUT2D eigenvalue weighted by molar-refractivity contribution is 6.31. The summed E-state index contributed by atoms with van der Waals surface area (Å²) in [5, 5.41) is 12.8. The van der Waals surface area contributed by atoms with E-state index in [2.05, 4.69) is 29.4 Å². The lowest BCUT2D eigenvalue weighted by atomic mass is 10.2. The van der Waals surface area contributed by atoms with E-state index in [1.165, 1.54) is 11.3 Å². The van der Waals surface area contributed by atoms with Crippen LogP contribution in [-0.2, 0) is 26.7 Å². The van der Waals surface area contributed by atoms with E-state index in [9.17, 15) is 0 Å². The molecule has 6 heteroatoms. The van der Waals surface area contributed by atoms with E-state index in [1.807, 2.05) is 29.5 Å². The zero-order chi connectivity index (χ0) is 14.0. The number of aryl methyl sites for hydroxylation is 3. The van der Waals surface area contributed by atoms with Crippen molar-refractivity contribution in [3.05, 3.63) is 33.9 Å². The van der Waals surface area contributed by atoms with Gasteiger partial charge in [-0.05, 0) is 20.8 Å². The minimum atomic E-state index is 0.710. The normalized spacial score (nSPS) is 11.2. The van der Waals surface area contributed by atoms with Crippen LogP contribution in [0.25, 0.3) is 0 Å². The molecule has 2 rings (SSSR count). The number of rotatable bonds is 5. The molecule has 0 spiro atoms. The zero-order valence-corrected chi connectivity index (χ0v) is 12.6. The highest BCUT2D eigenvalue weighted by atomic mass is 35.5. The van der Waals surface area contributed by atoms with Gasteiger partial charge in [-0.25, -0.2) is 0 Å². The van der Waals surface area contributed by atoms with Gasteiger partial charge in [0, 0.05) is 37.9 Å². The summed E-state index contributed by atoms with van der Waals surface area (Å²) in [6.07, 6.45) is 1.90. The number of hydrogen-bond donors (Lipinski definition) is 1. The Morgan fingerprint density at radius 1 is 1.32 bits per heavy atom. The predicted molar refractivity (Wildman–Crippen MR) is 76.1 cm³/mol. The van der Waals surface area contributed by atoms with Crippen molar-refractivity contribution >= 4 is 11.6 Å². The Kier molecular flexibility index (Phi) is 4.27. The first-order valence-electron chi connectivity index (χ1n) is 6.44. The number of nitrogens with zero attached hydrogens (tertiary/aromatic N) is 4. The number of aromatic nitrogens is 4. The third-order valence-corrected chi connectivity index (χ3v) is 3.89. The summed E-state index contributed by atoms with van der Waals surface area (Å²) in [7, 11) is 1.95. The molecule has 0 atom stereocenters. The Morgan fingerprint density at radius 2 is 2.05 bits per heavy atom. The van der Waals surface area contributed by atoms with Crippen LogP contribution < -0.4 is 5.32 Å². The molecule has 2 aromatic heterocycles. The first-order chi connectivity index (χ1) is 9.04. The van der Waals surface area contributed by atoms with Crippen molar-refractivity contribution in [3.8, 4) is 0 Å². The second-order valence-corrected chi connectivity index (χ2v) is 5.02. The molecule has 0 aromatic carbocycles. The fraction of sp³-hybridized carbons (Fsp3) is 0.538. The predicted octanol–water partition coefficient (Wildman–Crippen LogP) is 2.20. The van der Waals surface area contributed by atoms with Crippen LogP contribution in [0.15, 0.2) is 6.20 Å². The van der Waals surface area contributed by atoms with E-state index in [0.29, 0.717) is 6.54 Å². The molecule has 0 unspecified atom stereocenters. The Bertz CT molecular complexity index is 570. The molecule has 2 aromatic rings. The molecule has 0 bridgehead atoms. The first kappa shape index (κ1) is 14.1. The van der Waals surface area contributed by atoms with Gasteiger partial charge in [-0.2, -0.15) is 10.2 Å². The van der Waals surface area contributed by atoms with Crippen molar-refractivity contribution in [2.75, 3.05) is 0 Å². The molecule has 0 fully saturated rings. The van der Waals surface area contributed by atoms with Crippen LogP contribution in [0.1, 0.15) is 29.6 Å². The third-order valence-electron chi connectivity index (χ3n) is 3.40. The minimum absolute atomic E-state index is 0.710. The lowest BCUT2D eigenvalue weighted by Crippen LogP contribution is -2.16. The van der Waals surface area contributed by atoms with E-state index >= 15 is 0 Å². The Hall–Kier alpha value is -1.33. The molecule has 0 saturated heterocycles. The lowest BCUT2D eigenvalue weighted by molar-refractivity contribution is 0.578. The smallest absolute Gasteiger partial charge is 0.0860 e. The molecule has 19 heavy (non-hydrogen) atoms. The summed E-state index contributed by atoms with van der Waals surface area (Å²) in [5.41, 5.74) is 4.32. The average Bonchev–Trinajstić information content (AvgIpc) is 2.85. The Balaban J connectivity index is 2.01. The molecule has 2 heterocycles. The minimum Gasteiger partial charge on any atom is -0.307 e. The molecular formula is C13H20ClN5. The maximum atomic E-state index is 6.27. The van der Waals surface area contributed by atoms with E-state index in [0.717, 1.165) is 29.5 Å². The summed E-state index contributed by atoms with van der Waals surface area (Å²) >= 11 is 6.27. The summed E-state index contributed by atoms with van der Waals surface area (Å²) < 4.78 is 3.82. The molecule has 104 valence electrons. The topological polar surface area (TPSA) is 47.7 Å². The van der Waals surface area contributed by atoms with Gasteiger partial charge in [0.25, 0.3) is 0 Å². The maximum absolute atomic E-state index is 6.27. The molecule has 0 radical (unpaired) electrons. The largest absolute Gasteiger partial charge is 0.307 e. The van der Waals surface area contributed by atoms with Crippen LogP contribution in [0.4, 0.5) is 0 Å². The lowest BCUT2D eigenvalue weighted by Gasteiger charge is -2.07. The fourth-order valence-electron chi connectivity index (χ4n) is 2.07. The molecule has 0 aliphatic rings. The molecule has 0 aliphatic carbocycles. The van der Waals surface area contributed by atoms with Gasteiger partial charge >= 0.3 is 0 Å². The molecule has 5 nitrogen and oxygen atoms in total. The second kappa shape index (κ2) is 5.75. The van der Waals surface area contributed by atoms with E-state index < -0.39 is 0 Å². The van der Waals surface area contributed by atoms with Crippen molar-refractivity contribution in [2.24, 2.45) is 7.05 Å². The Morgan fingerprint density at radius 3 is 2.63 bits per heavy atom. The van der Waals surface area contributed by atoms with E-state index in [-0.39, 0.29) is 0 Å². The monoisotopic (exact) mass is 281 g/mol. The quantitative estimate of drug-likeness (QED) is 0.914. The number of halogens is 1. The average molecular weight is 282 g/mol. The second-order valence-electron chi connectivity index (χ2n) is 4.64. The SMILES string of the molecule is CCn1nc(C)c(Cl)c1CNCc1cnn(C)c1C. The van der Waals surface area contributed by atoms with Crippen LogP contribution in [0.5, 0.6) is 0 Å². The van der Waals surface area contributed by atoms with Crippen LogP contribution in [0.3, 0.4) is 0 Å². The van der Waals surface area contributed by atoms with Gasteiger partial charge in [0.05, 0.1) is 22.6 Å². The van der Waals surface area contributed by atoms with E-state index in [4.69, 9.17) is 11.6 Å². The van der Waals surface area contributed by atoms with Crippen molar-refractivity contribution < 1.29 is 0 Å². The van der Waals surface area contributed by atoms with Gasteiger partial charge in [-0.1, -0.05) is 11.6 Å². The molecular weight excluding hydrogens is 262 g/mol. The van der Waals surface area contributed by atoms with E-state index in [1.54, 1.807) is 0 Å². The summed E-state index contributed by atoms with van der Waals surface area (Å²) in [4.78, 5) is 0. The number of nitrogens with one attached hydrogen (secondary N) is 1. The summed E-state index contributed by atoms with van der Waals surface area (Å²) in [6, 6.07) is 0. The number of hydrogen-bond acceptors (Lipinski definition) is 3. The van der Waals surface area contributed by atoms with Gasteiger partial charge in [-0.3, -0.25) is 9.36 Å². The highest BCUT2D eigenvalue weighted by Gasteiger charge is 2.12. The molecule has 1 N–H and O–H groups in total. The van der Waals surface area contributed by atoms with Gasteiger partial charge in [0.1, 0.15) is 0 Å². The Labute approximate surface area is 118 Å². The van der Waals surface area contributed by atoms with Gasteiger partial charge in [0.2, 0.25) is 0 Å². The third kappa shape index (κ3) is 2.82. The highest BCUT2D eigenvalue weighted by Crippen LogP contribution is 2.20. The standard InChI is InChI=1S/C13H20ClN5/c1-5-19-12(13(14)9(2)17-19)8-15-6-11-7-16-18(4)10(11)3/h7,15H,5-6,8H2,1-4H3. The first-order valence-corrected chi connectivity index (χ1v) is 6.82. The van der Waals surface area contributed by atoms with Crippen molar-refractivity contribution in [1.82, 2.24) is 24.9 Å². The van der Waals surface area contributed by atoms with Crippen LogP contribution in [0.2, 0.25) is 5.02 Å². The fourth-order valence-corrected chi connectivity index (χ4v) is 2.27. The van der Waals surface area contributed by atoms with Crippen LogP contribution in [0, 0.1) is 13.8 Å². The summed E-state index contributed by atoms with van der Waals surface area (Å²) in [5.74, 6) is 0.